The van der Waals surface area contributed by atoms with Crippen molar-refractivity contribution in [1.82, 2.24) is 4.92 Å². The minimum atomic E-state index is -1.72. The van der Waals surface area contributed by atoms with E-state index in [9.17, 15) is 29.6 Å². The zero-order chi connectivity index (χ0) is 30.9. The van der Waals surface area contributed by atoms with Gasteiger partial charge in [-0.15, -0.1) is 6.58 Å². The van der Waals surface area contributed by atoms with Gasteiger partial charge < -0.3 is 20.0 Å². The number of halogens is 1. The molecule has 5 rings (SSSR count). The average Bonchev–Trinajstić information content (AvgIpc) is 3.30. The maximum atomic E-state index is 16.0. The van der Waals surface area contributed by atoms with Crippen molar-refractivity contribution in [3.8, 4) is 5.75 Å². The molecule has 3 saturated carbocycles. The number of carboxylic acids is 1. The van der Waals surface area contributed by atoms with Crippen LogP contribution in [-0.2, 0) is 14.4 Å². The van der Waals surface area contributed by atoms with Crippen LogP contribution in [0.25, 0.3) is 0 Å². The number of aliphatic hydroxyl groups excluding tert-OH is 1. The molecule has 0 saturated heterocycles. The molecule has 0 spiro atoms. The molecule has 1 aromatic carbocycles. The Balaban J connectivity index is 1.65. The quantitative estimate of drug-likeness (QED) is 0.359. The summed E-state index contributed by atoms with van der Waals surface area (Å²) >= 11 is 0. The largest absolute Gasteiger partial charge is 0.478 e. The van der Waals surface area contributed by atoms with Crippen LogP contribution >= 0.6 is 0 Å². The number of ether oxygens (including phenoxy) is 1. The van der Waals surface area contributed by atoms with Gasteiger partial charge >= 0.3 is 13.0 Å². The van der Waals surface area contributed by atoms with Gasteiger partial charge in [0.05, 0.1) is 12.3 Å². The molecule has 42 heavy (non-hydrogen) atoms. The van der Waals surface area contributed by atoms with E-state index < -0.39 is 70.8 Å². The highest BCUT2D eigenvalue weighted by molar-refractivity contribution is 6.67. The summed E-state index contributed by atoms with van der Waals surface area (Å²) in [6, 6.07) is 2.74. The van der Waals surface area contributed by atoms with Crippen LogP contribution in [0.5, 0.6) is 5.75 Å². The van der Waals surface area contributed by atoms with Crippen LogP contribution in [0.4, 0.5) is 4.39 Å². The number of benzene rings is 1. The minimum absolute atomic E-state index is 0.0554. The smallest absolute Gasteiger partial charge is 0.477 e. The fourth-order valence-corrected chi connectivity index (χ4v) is 8.98. The maximum Gasteiger partial charge on any atom is 0.477 e. The van der Waals surface area contributed by atoms with E-state index in [0.29, 0.717) is 12.8 Å². The maximum absolute atomic E-state index is 16.0. The Morgan fingerprint density at radius 3 is 2.60 bits per heavy atom. The summed E-state index contributed by atoms with van der Waals surface area (Å²) in [4.78, 5) is 39.5. The van der Waals surface area contributed by atoms with E-state index >= 15 is 4.39 Å². The predicted octanol–water partition coefficient (Wildman–Crippen LogP) is 3.15. The van der Waals surface area contributed by atoms with Gasteiger partial charge in [-0.05, 0) is 66.0 Å². The van der Waals surface area contributed by atoms with Gasteiger partial charge in [0.1, 0.15) is 5.78 Å². The molecule has 1 aliphatic heterocycles. The Morgan fingerprint density at radius 1 is 1.29 bits per heavy atom. The number of carbonyl (C=O) groups is 3. The molecule has 0 aromatic heterocycles. The molecule has 9 atom stereocenters. The molecule has 3 fully saturated rings. The van der Waals surface area contributed by atoms with Crippen molar-refractivity contribution in [2.45, 2.75) is 78.9 Å². The van der Waals surface area contributed by atoms with E-state index in [0.717, 1.165) is 17.8 Å². The lowest BCUT2D eigenvalue weighted by Crippen LogP contribution is -2.63. The third-order valence-corrected chi connectivity index (χ3v) is 11.6. The highest BCUT2D eigenvalue weighted by atomic mass is 19.1. The molecule has 1 unspecified atom stereocenters. The van der Waals surface area contributed by atoms with Crippen LogP contribution < -0.4 is 10.2 Å². The molecule has 1 heterocycles. The van der Waals surface area contributed by atoms with Gasteiger partial charge in [0.15, 0.2) is 17.7 Å². The number of amides is 1. The molecule has 0 radical (unpaired) electrons. The lowest BCUT2D eigenvalue weighted by Gasteiger charge is -2.63. The van der Waals surface area contributed by atoms with E-state index in [4.69, 9.17) is 4.74 Å². The average molecular weight is 582 g/mol. The van der Waals surface area contributed by atoms with Crippen molar-refractivity contribution in [2.24, 2.45) is 45.0 Å². The van der Waals surface area contributed by atoms with E-state index in [1.165, 1.54) is 25.3 Å². The number of hydrogen-bond acceptors (Lipinski definition) is 7. The first-order valence-electron chi connectivity index (χ1n) is 14.7. The highest BCUT2D eigenvalue weighted by Crippen LogP contribution is 2.69. The fraction of sp³-hybridized carbons (Fsp3) is 0.613. The Kier molecular flexibility index (Phi) is 7.46. The number of aliphatic hydroxyl groups is 1. The topological polar surface area (TPSA) is 137 Å². The van der Waals surface area contributed by atoms with E-state index in [-0.39, 0.29) is 35.1 Å². The zero-order valence-electron chi connectivity index (χ0n) is 24.8. The molecule has 226 valence electrons. The number of hydrogen-bond donors (Lipinski definition) is 3. The second kappa shape index (κ2) is 10.3. The first kappa shape index (κ1) is 30.4. The zero-order valence-corrected chi connectivity index (χ0v) is 24.8. The number of fused-ring (bicyclic) bond motifs is 1. The van der Waals surface area contributed by atoms with Crippen LogP contribution in [-0.4, -0.2) is 63.3 Å². The second-order valence-electron chi connectivity index (χ2n) is 13.4. The van der Waals surface area contributed by atoms with Crippen molar-refractivity contribution in [1.29, 1.82) is 0 Å². The SMILES string of the molecule is C=C[C@]1(C)C[C@@H](C(Oc2ccc3c(c2F)B(O)N(C(C)=O)N=C3)C(=O)O)[C@@]2(C)[C@H](C)CC[C@]3(CCC(=O)[C@H]32)[C@@H](C)[C@@H]1O. The Labute approximate surface area is 245 Å². The van der Waals surface area contributed by atoms with Crippen LogP contribution in [0, 0.1) is 45.7 Å². The number of carboxylic acid groups (broad SMARTS) is 1. The van der Waals surface area contributed by atoms with Crippen molar-refractivity contribution < 1.29 is 38.7 Å². The second-order valence-corrected chi connectivity index (χ2v) is 13.4. The van der Waals surface area contributed by atoms with Gasteiger partial charge in [0.2, 0.25) is 5.91 Å². The van der Waals surface area contributed by atoms with Crippen molar-refractivity contribution in [3.05, 3.63) is 36.2 Å². The lowest BCUT2D eigenvalue weighted by atomic mass is 9.41. The molecule has 3 N–H and O–H groups in total. The molecule has 9 nitrogen and oxygen atoms in total. The molecular formula is C31H40BFN2O7. The summed E-state index contributed by atoms with van der Waals surface area (Å²) in [5.74, 6) is -4.82. The summed E-state index contributed by atoms with van der Waals surface area (Å²) in [5.41, 5.74) is -2.27. The summed E-state index contributed by atoms with van der Waals surface area (Å²) in [6.45, 7) is 13.1. The van der Waals surface area contributed by atoms with Crippen LogP contribution in [0.3, 0.4) is 0 Å². The summed E-state index contributed by atoms with van der Waals surface area (Å²) in [5, 5.41) is 37.1. The van der Waals surface area contributed by atoms with Gasteiger partial charge in [0.25, 0.3) is 0 Å². The number of rotatable bonds is 5. The Hall–Kier alpha value is -3.05. The van der Waals surface area contributed by atoms with E-state index in [1.54, 1.807) is 6.08 Å². The lowest BCUT2D eigenvalue weighted by molar-refractivity contribution is -0.193. The Morgan fingerprint density at radius 2 is 1.98 bits per heavy atom. The fourth-order valence-electron chi connectivity index (χ4n) is 8.98. The molecule has 1 amide bonds. The number of hydrazone groups is 1. The molecule has 11 heteroatoms. The molecule has 2 bridgehead atoms. The van der Waals surface area contributed by atoms with Gasteiger partial charge in [-0.25, -0.2) is 14.1 Å². The molecular weight excluding hydrogens is 542 g/mol. The van der Waals surface area contributed by atoms with Gasteiger partial charge in [-0.2, -0.15) is 5.10 Å². The minimum Gasteiger partial charge on any atom is -0.478 e. The van der Waals surface area contributed by atoms with Crippen LogP contribution in [0.15, 0.2) is 29.9 Å². The summed E-state index contributed by atoms with van der Waals surface area (Å²) < 4.78 is 22.1. The molecule has 4 aliphatic rings. The number of aliphatic carboxylic acids is 1. The number of carbonyl (C=O) groups excluding carboxylic acids is 2. The first-order chi connectivity index (χ1) is 19.6. The Bertz CT molecular complexity index is 1370. The predicted molar refractivity (Wildman–Crippen MR) is 154 cm³/mol. The van der Waals surface area contributed by atoms with Crippen LogP contribution in [0.1, 0.15) is 72.3 Å². The number of Topliss-reactive ketones (excluding diaryl/α,β-unsaturated/α-hetero) is 1. The molecule has 1 aromatic rings. The monoisotopic (exact) mass is 582 g/mol. The van der Waals surface area contributed by atoms with Gasteiger partial charge in [-0.1, -0.05) is 33.8 Å². The standard InChI is InChI=1S/C31H40BFN2O7/c1-7-29(5)14-20(30(6)16(2)10-12-31(17(3)27(29)38)13-11-21(37)26(30)31)25(28(39)40)42-22-9-8-19-15-34-35(18(4)36)32(41)23(19)24(22)33/h7-9,15-17,20,25-27,38,41H,1,10-14H2,2-6H3,(H,39,40)/t16-,17+,20+,25?,26+,27+,29-,30-,31+/m1/s1. The van der Waals surface area contributed by atoms with E-state index in [2.05, 4.69) is 11.7 Å². The number of nitrogens with zero attached hydrogens (tertiary/aromatic N) is 2. The summed E-state index contributed by atoms with van der Waals surface area (Å²) in [6.07, 6.45) is 3.09. The molecule has 3 aliphatic carbocycles. The third-order valence-electron chi connectivity index (χ3n) is 11.6. The van der Waals surface area contributed by atoms with E-state index in [1.807, 2.05) is 27.7 Å². The van der Waals surface area contributed by atoms with Crippen LogP contribution in [0.2, 0.25) is 0 Å². The normalized spacial score (nSPS) is 38.2. The number of ketones is 1. The van der Waals surface area contributed by atoms with Crippen molar-refractivity contribution in [2.75, 3.05) is 0 Å². The van der Waals surface area contributed by atoms with Gasteiger partial charge in [0, 0.05) is 36.1 Å². The first-order valence-corrected chi connectivity index (χ1v) is 14.7. The van der Waals surface area contributed by atoms with Crippen molar-refractivity contribution >= 4 is 36.4 Å². The van der Waals surface area contributed by atoms with Crippen molar-refractivity contribution in [3.63, 3.8) is 0 Å². The van der Waals surface area contributed by atoms with Gasteiger partial charge in [-0.3, -0.25) is 9.59 Å². The third kappa shape index (κ3) is 4.18. The highest BCUT2D eigenvalue weighted by Gasteiger charge is 2.69. The summed E-state index contributed by atoms with van der Waals surface area (Å²) in [7, 11) is -1.72.